The molecule has 0 bridgehead atoms. The van der Waals surface area contributed by atoms with Crippen molar-refractivity contribution in [1.82, 2.24) is 5.32 Å². The van der Waals surface area contributed by atoms with Crippen LogP contribution in [0.4, 0.5) is 0 Å². The molecule has 186 valence electrons. The van der Waals surface area contributed by atoms with Gasteiger partial charge in [0.25, 0.3) is 0 Å². The third-order valence-corrected chi connectivity index (χ3v) is 7.53. The van der Waals surface area contributed by atoms with Gasteiger partial charge in [0.1, 0.15) is 12.4 Å². The summed E-state index contributed by atoms with van der Waals surface area (Å²) >= 11 is 12.0. The average molecular weight is 560 g/mol. The first-order chi connectivity index (χ1) is 16.6. The predicted octanol–water partition coefficient (Wildman–Crippen LogP) is 0.213. The minimum Gasteiger partial charge on any atom is -0.546 e. The topological polar surface area (TPSA) is 116 Å². The summed E-state index contributed by atoms with van der Waals surface area (Å²) in [6.07, 6.45) is -0.0770. The van der Waals surface area contributed by atoms with Gasteiger partial charge in [0.2, 0.25) is 9.84 Å². The number of sulfone groups is 1. The van der Waals surface area contributed by atoms with Gasteiger partial charge in [0.15, 0.2) is 0 Å². The van der Waals surface area contributed by atoms with Crippen molar-refractivity contribution in [2.45, 2.75) is 35.3 Å². The Hall–Kier alpha value is -1.62. The van der Waals surface area contributed by atoms with Crippen molar-refractivity contribution in [1.29, 1.82) is 0 Å². The number of carboxylic acids is 1. The molecule has 0 unspecified atom stereocenters. The predicted molar refractivity (Wildman–Crippen MR) is 131 cm³/mol. The number of ether oxygens (including phenoxy) is 1. The summed E-state index contributed by atoms with van der Waals surface area (Å²) in [5.41, 5.74) is 1.65. The average Bonchev–Trinajstić information content (AvgIpc) is 2.82. The van der Waals surface area contributed by atoms with Gasteiger partial charge >= 0.3 is 29.6 Å². The molecule has 36 heavy (non-hydrogen) atoms. The molecule has 0 aromatic heterocycles. The van der Waals surface area contributed by atoms with E-state index < -0.39 is 28.5 Å². The van der Waals surface area contributed by atoms with Gasteiger partial charge in [-0.1, -0.05) is 47.5 Å². The van der Waals surface area contributed by atoms with Crippen LogP contribution in [0.1, 0.15) is 24.2 Å². The standard InChI is InChI=1S/C25H25Cl2NO6S.Na/c1-16(28-14-23(29)18-3-2-4-19(26)12-18)11-17-5-7-20(8-6-17)35(32,33)21-9-10-24(22(27)13-21)34-15-25(30)31;/h2-10,12-13,16,23,28-29H,11,14-15H2,1H3,(H,30,31);/q;+1/p-1/t16-,23+;/m1./s1. The van der Waals surface area contributed by atoms with Crippen LogP contribution in [0, 0.1) is 0 Å². The molecule has 0 aliphatic heterocycles. The number of carbonyl (C=O) groups excluding carboxylic acids is 1. The zero-order valence-electron chi connectivity index (χ0n) is 19.8. The van der Waals surface area contributed by atoms with Gasteiger partial charge < -0.3 is 25.1 Å². The number of halogens is 2. The Morgan fingerprint density at radius 3 is 2.33 bits per heavy atom. The Morgan fingerprint density at radius 2 is 1.72 bits per heavy atom. The fraction of sp³-hybridized carbons (Fsp3) is 0.240. The maximum Gasteiger partial charge on any atom is 1.00 e. The van der Waals surface area contributed by atoms with E-state index in [2.05, 4.69) is 5.32 Å². The van der Waals surface area contributed by atoms with Crippen molar-refractivity contribution in [3.63, 3.8) is 0 Å². The Kier molecular flexibility index (Phi) is 11.7. The molecule has 0 fully saturated rings. The molecule has 0 radical (unpaired) electrons. The van der Waals surface area contributed by atoms with Crippen LogP contribution in [0.2, 0.25) is 10.0 Å². The molecule has 0 spiro atoms. The van der Waals surface area contributed by atoms with Crippen molar-refractivity contribution in [3.8, 4) is 5.75 Å². The zero-order valence-corrected chi connectivity index (χ0v) is 24.1. The SMILES string of the molecule is C[C@H](Cc1ccc(S(=O)(=O)c2ccc(OCC(=O)[O-])c(Cl)c2)cc1)NC[C@H](O)c1cccc(Cl)c1.[Na+]. The quantitative estimate of drug-likeness (QED) is 0.323. The van der Waals surface area contributed by atoms with E-state index in [0.29, 0.717) is 18.0 Å². The summed E-state index contributed by atoms with van der Waals surface area (Å²) in [7, 11) is -3.84. The van der Waals surface area contributed by atoms with E-state index in [1.807, 2.05) is 13.0 Å². The van der Waals surface area contributed by atoms with Crippen molar-refractivity contribution in [2.75, 3.05) is 13.2 Å². The number of hydrogen-bond acceptors (Lipinski definition) is 7. The number of aliphatic hydroxyl groups is 1. The van der Waals surface area contributed by atoms with Crippen LogP contribution in [0.3, 0.4) is 0 Å². The van der Waals surface area contributed by atoms with E-state index >= 15 is 0 Å². The number of aliphatic hydroxyl groups excluding tert-OH is 1. The molecule has 0 amide bonds. The van der Waals surface area contributed by atoms with Crippen LogP contribution in [0.5, 0.6) is 5.75 Å². The van der Waals surface area contributed by atoms with Crippen molar-refractivity contribution in [3.05, 3.63) is 87.9 Å². The molecule has 11 heteroatoms. The van der Waals surface area contributed by atoms with Crippen LogP contribution in [-0.4, -0.2) is 38.7 Å². The van der Waals surface area contributed by atoms with Crippen LogP contribution < -0.4 is 44.7 Å². The van der Waals surface area contributed by atoms with Gasteiger partial charge in [-0.3, -0.25) is 0 Å². The van der Waals surface area contributed by atoms with Crippen LogP contribution in [0.15, 0.2) is 76.5 Å². The Labute approximate surface area is 242 Å². The van der Waals surface area contributed by atoms with Gasteiger partial charge in [0.05, 0.1) is 26.9 Å². The number of benzene rings is 3. The van der Waals surface area contributed by atoms with E-state index in [9.17, 15) is 23.4 Å². The monoisotopic (exact) mass is 559 g/mol. The van der Waals surface area contributed by atoms with E-state index in [0.717, 1.165) is 11.1 Å². The number of rotatable bonds is 11. The van der Waals surface area contributed by atoms with E-state index in [1.54, 1.807) is 30.3 Å². The second-order valence-corrected chi connectivity index (χ2v) is 10.8. The van der Waals surface area contributed by atoms with E-state index in [1.165, 1.54) is 30.3 Å². The molecular formula is C25H24Cl2NNaO6S. The largest absolute Gasteiger partial charge is 1.00 e. The summed E-state index contributed by atoms with van der Waals surface area (Å²) in [5, 5.41) is 24.7. The first kappa shape index (κ1) is 30.6. The molecular weight excluding hydrogens is 536 g/mol. The summed E-state index contributed by atoms with van der Waals surface area (Å²) in [5.74, 6) is -1.37. The van der Waals surface area contributed by atoms with Crippen molar-refractivity contribution >= 4 is 39.0 Å². The number of carboxylic acid groups (broad SMARTS) is 1. The molecule has 3 aromatic rings. The Bertz CT molecular complexity index is 1290. The van der Waals surface area contributed by atoms with Crippen molar-refractivity contribution < 1.29 is 57.7 Å². The molecule has 0 heterocycles. The molecule has 7 nitrogen and oxygen atoms in total. The molecule has 0 saturated carbocycles. The molecule has 0 saturated heterocycles. The van der Waals surface area contributed by atoms with Gasteiger partial charge in [-0.05, 0) is 66.9 Å². The number of hydrogen-bond donors (Lipinski definition) is 2. The normalized spacial score (nSPS) is 12.9. The third kappa shape index (κ3) is 8.46. The second-order valence-electron chi connectivity index (χ2n) is 7.98. The van der Waals surface area contributed by atoms with Gasteiger partial charge in [-0.25, -0.2) is 8.42 Å². The third-order valence-electron chi connectivity index (χ3n) is 5.23. The molecule has 0 aliphatic rings. The van der Waals surface area contributed by atoms with Crippen molar-refractivity contribution in [2.24, 2.45) is 0 Å². The van der Waals surface area contributed by atoms with Crippen LogP contribution in [-0.2, 0) is 21.1 Å². The van der Waals surface area contributed by atoms with Gasteiger partial charge in [0, 0.05) is 17.6 Å². The fourth-order valence-electron chi connectivity index (χ4n) is 3.41. The minimum atomic E-state index is -3.84. The molecule has 3 aromatic carbocycles. The zero-order chi connectivity index (χ0) is 25.6. The first-order valence-corrected chi connectivity index (χ1v) is 12.9. The van der Waals surface area contributed by atoms with Gasteiger partial charge in [-0.2, -0.15) is 0 Å². The maximum atomic E-state index is 13.0. The summed E-state index contributed by atoms with van der Waals surface area (Å²) in [6.45, 7) is 1.62. The second kappa shape index (κ2) is 13.8. The fourth-order valence-corrected chi connectivity index (χ4v) is 5.20. The minimum absolute atomic E-state index is 0. The molecule has 3 rings (SSSR count). The number of carbonyl (C=O) groups is 1. The number of nitrogens with one attached hydrogen (secondary N) is 1. The van der Waals surface area contributed by atoms with E-state index in [-0.39, 0.29) is 56.2 Å². The maximum absolute atomic E-state index is 13.0. The Balaban J connectivity index is 0.00000456. The summed E-state index contributed by atoms with van der Waals surface area (Å²) in [4.78, 5) is 10.6. The molecule has 2 atom stereocenters. The van der Waals surface area contributed by atoms with Gasteiger partial charge in [-0.15, -0.1) is 0 Å². The first-order valence-electron chi connectivity index (χ1n) is 10.7. The van der Waals surface area contributed by atoms with Crippen LogP contribution >= 0.6 is 23.2 Å². The van der Waals surface area contributed by atoms with E-state index in [4.69, 9.17) is 27.9 Å². The summed E-state index contributed by atoms with van der Waals surface area (Å²) in [6, 6.07) is 17.4. The Morgan fingerprint density at radius 1 is 1.06 bits per heavy atom. The molecule has 0 aliphatic carbocycles. The number of aliphatic carboxylic acids is 1. The molecule has 2 N–H and O–H groups in total. The summed E-state index contributed by atoms with van der Waals surface area (Å²) < 4.78 is 30.9. The van der Waals surface area contributed by atoms with Crippen LogP contribution in [0.25, 0.3) is 0 Å². The smallest absolute Gasteiger partial charge is 0.546 e.